The molecule has 0 radical (unpaired) electrons. The van der Waals surface area contributed by atoms with Gasteiger partial charge in [0.2, 0.25) is 0 Å². The number of hydrogen-bond donors (Lipinski definition) is 2. The van der Waals surface area contributed by atoms with Crippen LogP contribution in [0.3, 0.4) is 0 Å². The molecule has 0 aromatic rings. The smallest absolute Gasteiger partial charge is 0.100 e. The lowest BCUT2D eigenvalue weighted by Crippen LogP contribution is -2.15. The summed E-state index contributed by atoms with van der Waals surface area (Å²) in [7, 11) is 0. The maximum Gasteiger partial charge on any atom is 0.100 e. The molecule has 0 aliphatic carbocycles. The minimum atomic E-state index is 0.394. The Hall–Kier alpha value is -0.660. The Labute approximate surface area is 59.2 Å². The number of hydrogen-bond acceptors (Lipinski definition) is 3. The molecule has 3 nitrogen and oxygen atoms in total. The zero-order valence-corrected chi connectivity index (χ0v) is 5.74. The number of nitrogens with one attached hydrogen (secondary N) is 1. The minimum absolute atomic E-state index is 0.394. The maximum atomic E-state index is 8.16. The molecule has 4 heteroatoms. The number of thiocarbonyl (C=S) groups is 1. The fraction of sp³-hybridized carbons (Fsp3) is 0.600. The maximum absolute atomic E-state index is 8.16. The highest BCUT2D eigenvalue weighted by Crippen LogP contribution is 1.93. The van der Waals surface area contributed by atoms with Crippen LogP contribution in [0.5, 0.6) is 0 Å². The first-order valence-corrected chi connectivity index (χ1v) is 3.02. The first-order chi connectivity index (χ1) is 4.31. The second-order valence-electron chi connectivity index (χ2n) is 1.55. The molecule has 0 spiro atoms. The molecule has 9 heavy (non-hydrogen) atoms. The van der Waals surface area contributed by atoms with Gasteiger partial charge in [0.25, 0.3) is 0 Å². The molecule has 0 aromatic carbocycles. The predicted molar refractivity (Wildman–Crippen MR) is 37.0 cm³/mol. The van der Waals surface area contributed by atoms with Gasteiger partial charge in [-0.1, -0.05) is 12.2 Å². The van der Waals surface area contributed by atoms with Crippen molar-refractivity contribution in [2.45, 2.75) is 19.3 Å². The molecule has 0 aliphatic heterocycles. The standard InChI is InChI=1S/C5H8N2OS/c6-4-2-1-3-5(9)7-8/h8H,1-3H2,(H,7,9). The summed E-state index contributed by atoms with van der Waals surface area (Å²) in [6.45, 7) is 0. The lowest BCUT2D eigenvalue weighted by Gasteiger charge is -1.95. The van der Waals surface area contributed by atoms with Crippen LogP contribution in [0, 0.1) is 11.3 Å². The summed E-state index contributed by atoms with van der Waals surface area (Å²) in [5, 5.41) is 16.2. The average molecular weight is 144 g/mol. The van der Waals surface area contributed by atoms with Crippen molar-refractivity contribution in [2.24, 2.45) is 0 Å². The second-order valence-corrected chi connectivity index (χ2v) is 2.04. The molecular weight excluding hydrogens is 136 g/mol. The van der Waals surface area contributed by atoms with Crippen molar-refractivity contribution in [3.05, 3.63) is 0 Å². The zero-order chi connectivity index (χ0) is 7.11. The van der Waals surface area contributed by atoms with E-state index in [-0.39, 0.29) is 0 Å². The molecule has 0 unspecified atom stereocenters. The van der Waals surface area contributed by atoms with E-state index in [1.807, 2.05) is 11.5 Å². The first kappa shape index (κ1) is 8.34. The normalized spacial score (nSPS) is 8.00. The Morgan fingerprint density at radius 2 is 2.44 bits per heavy atom. The topological polar surface area (TPSA) is 56.0 Å². The highest BCUT2D eigenvalue weighted by atomic mass is 32.1. The molecule has 50 valence electrons. The fourth-order valence-corrected chi connectivity index (χ4v) is 0.528. The Morgan fingerprint density at radius 3 is 2.89 bits per heavy atom. The van der Waals surface area contributed by atoms with E-state index in [2.05, 4.69) is 12.2 Å². The quantitative estimate of drug-likeness (QED) is 0.352. The largest absolute Gasteiger partial charge is 0.291 e. The van der Waals surface area contributed by atoms with Gasteiger partial charge in [0.05, 0.1) is 6.07 Å². The van der Waals surface area contributed by atoms with Crippen molar-refractivity contribution in [1.29, 1.82) is 5.26 Å². The van der Waals surface area contributed by atoms with Gasteiger partial charge in [-0.15, -0.1) is 0 Å². The Morgan fingerprint density at radius 1 is 1.78 bits per heavy atom. The van der Waals surface area contributed by atoms with Crippen LogP contribution in [0.1, 0.15) is 19.3 Å². The fourth-order valence-electron chi connectivity index (χ4n) is 0.384. The van der Waals surface area contributed by atoms with Gasteiger partial charge in [0.1, 0.15) is 4.99 Å². The van der Waals surface area contributed by atoms with E-state index in [0.717, 1.165) is 0 Å². The molecule has 0 atom stereocenters. The van der Waals surface area contributed by atoms with E-state index in [1.165, 1.54) is 0 Å². The number of nitriles is 1. The lowest BCUT2D eigenvalue weighted by atomic mass is 10.2. The van der Waals surface area contributed by atoms with E-state index < -0.39 is 0 Å². The predicted octanol–water partition coefficient (Wildman–Crippen LogP) is 0.986. The van der Waals surface area contributed by atoms with Crippen LogP contribution in [0.2, 0.25) is 0 Å². The summed E-state index contributed by atoms with van der Waals surface area (Å²) in [6, 6.07) is 1.98. The van der Waals surface area contributed by atoms with Gasteiger partial charge in [0, 0.05) is 12.8 Å². The third-order valence-electron chi connectivity index (χ3n) is 0.817. The number of hydroxylamine groups is 1. The molecule has 0 bridgehead atoms. The second kappa shape index (κ2) is 5.48. The number of rotatable bonds is 3. The molecule has 0 fully saturated rings. The number of unbranched alkanes of at least 4 members (excludes halogenated alkanes) is 1. The molecule has 0 saturated heterocycles. The summed E-state index contributed by atoms with van der Waals surface area (Å²) in [5.41, 5.74) is 1.85. The van der Waals surface area contributed by atoms with E-state index in [4.69, 9.17) is 10.5 Å². The van der Waals surface area contributed by atoms with Crippen LogP contribution >= 0.6 is 12.2 Å². The average Bonchev–Trinajstić information content (AvgIpc) is 1.89. The van der Waals surface area contributed by atoms with Crippen molar-refractivity contribution in [3.8, 4) is 6.07 Å². The molecule has 0 amide bonds. The van der Waals surface area contributed by atoms with Gasteiger partial charge < -0.3 is 0 Å². The van der Waals surface area contributed by atoms with Crippen molar-refractivity contribution in [1.82, 2.24) is 5.48 Å². The molecule has 0 aliphatic rings. The van der Waals surface area contributed by atoms with Crippen LogP contribution in [0.15, 0.2) is 0 Å². The first-order valence-electron chi connectivity index (χ1n) is 2.61. The zero-order valence-electron chi connectivity index (χ0n) is 4.92. The Balaban J connectivity index is 3.09. The van der Waals surface area contributed by atoms with Gasteiger partial charge in [-0.05, 0) is 6.42 Å². The van der Waals surface area contributed by atoms with Crippen LogP contribution in [-0.2, 0) is 0 Å². The highest BCUT2D eigenvalue weighted by Gasteiger charge is 1.91. The van der Waals surface area contributed by atoms with Crippen molar-refractivity contribution >= 4 is 17.2 Å². The summed E-state index contributed by atoms with van der Waals surface area (Å²) in [4.78, 5) is 0.394. The Kier molecular flexibility index (Phi) is 5.07. The van der Waals surface area contributed by atoms with Gasteiger partial charge in [0.15, 0.2) is 0 Å². The minimum Gasteiger partial charge on any atom is -0.291 e. The molecule has 2 N–H and O–H groups in total. The number of nitrogens with zero attached hydrogens (tertiary/aromatic N) is 1. The summed E-state index contributed by atoms with van der Waals surface area (Å²) < 4.78 is 0. The third-order valence-corrected chi connectivity index (χ3v) is 1.11. The molecule has 0 rings (SSSR count). The molecule has 0 heterocycles. The summed E-state index contributed by atoms with van der Waals surface area (Å²) in [5.74, 6) is 0. The van der Waals surface area contributed by atoms with Gasteiger partial charge in [-0.3, -0.25) is 10.7 Å². The monoisotopic (exact) mass is 144 g/mol. The summed E-state index contributed by atoms with van der Waals surface area (Å²) in [6.07, 6.45) is 1.78. The SMILES string of the molecule is N#CCCCC(=S)NO. The van der Waals surface area contributed by atoms with E-state index in [1.54, 1.807) is 0 Å². The Bertz CT molecular complexity index is 129. The van der Waals surface area contributed by atoms with Gasteiger partial charge in [-0.25, -0.2) is 0 Å². The van der Waals surface area contributed by atoms with Crippen LogP contribution < -0.4 is 5.48 Å². The van der Waals surface area contributed by atoms with Crippen molar-refractivity contribution in [2.75, 3.05) is 0 Å². The third kappa shape index (κ3) is 5.21. The van der Waals surface area contributed by atoms with Gasteiger partial charge >= 0.3 is 0 Å². The van der Waals surface area contributed by atoms with Gasteiger partial charge in [-0.2, -0.15) is 5.26 Å². The lowest BCUT2D eigenvalue weighted by molar-refractivity contribution is 0.234. The van der Waals surface area contributed by atoms with Crippen molar-refractivity contribution in [3.63, 3.8) is 0 Å². The molecule has 0 saturated carbocycles. The van der Waals surface area contributed by atoms with Crippen molar-refractivity contribution < 1.29 is 5.21 Å². The van der Waals surface area contributed by atoms with E-state index in [0.29, 0.717) is 24.3 Å². The molecular formula is C5H8N2OS. The summed E-state index contributed by atoms with van der Waals surface area (Å²) >= 11 is 4.60. The van der Waals surface area contributed by atoms with E-state index in [9.17, 15) is 0 Å². The molecule has 0 aromatic heterocycles. The van der Waals surface area contributed by atoms with Crippen LogP contribution in [0.25, 0.3) is 0 Å². The van der Waals surface area contributed by atoms with E-state index >= 15 is 0 Å². The highest BCUT2D eigenvalue weighted by molar-refractivity contribution is 7.80. The van der Waals surface area contributed by atoms with Crippen LogP contribution in [0.4, 0.5) is 0 Å². The van der Waals surface area contributed by atoms with Crippen LogP contribution in [-0.4, -0.2) is 10.2 Å².